The topological polar surface area (TPSA) is 41.1 Å². The molecular weight excluding hydrogens is 176 g/mol. The normalized spacial score (nSPS) is 27.1. The lowest BCUT2D eigenvalue weighted by Gasteiger charge is -2.34. The third-order valence-corrected chi connectivity index (χ3v) is 2.69. The summed E-state index contributed by atoms with van der Waals surface area (Å²) in [5, 5.41) is 6.12. The number of piperazine rings is 1. The highest BCUT2D eigenvalue weighted by molar-refractivity contribution is 5.87. The van der Waals surface area contributed by atoms with Gasteiger partial charge in [-0.2, -0.15) is 0 Å². The first-order valence-corrected chi connectivity index (χ1v) is 4.82. The Bertz CT molecular complexity index is 336. The molecule has 1 aromatic rings. The highest BCUT2D eigenvalue weighted by Gasteiger charge is 2.36. The smallest absolute Gasteiger partial charge is 0.244 e. The summed E-state index contributed by atoms with van der Waals surface area (Å²) in [7, 11) is 0. The standard InChI is InChI=1S/C11H14N2O/c1-11(9-5-3-2-4-6-9)10(14)12-7-8-13-11/h2-6,13H,7-8H2,1H3,(H,12,14)/t11-/m1/s1. The molecule has 0 saturated carbocycles. The zero-order valence-corrected chi connectivity index (χ0v) is 8.21. The largest absolute Gasteiger partial charge is 0.353 e. The molecule has 0 aromatic heterocycles. The molecule has 0 aliphatic carbocycles. The number of hydrogen-bond donors (Lipinski definition) is 2. The quantitative estimate of drug-likeness (QED) is 0.681. The van der Waals surface area contributed by atoms with Crippen LogP contribution in [-0.4, -0.2) is 19.0 Å². The highest BCUT2D eigenvalue weighted by Crippen LogP contribution is 2.21. The Morgan fingerprint density at radius 1 is 1.21 bits per heavy atom. The van der Waals surface area contributed by atoms with Crippen LogP contribution in [0.25, 0.3) is 0 Å². The van der Waals surface area contributed by atoms with Crippen LogP contribution < -0.4 is 10.6 Å². The van der Waals surface area contributed by atoms with E-state index >= 15 is 0 Å². The molecular formula is C11H14N2O. The van der Waals surface area contributed by atoms with Crippen LogP contribution in [0.3, 0.4) is 0 Å². The van der Waals surface area contributed by atoms with Gasteiger partial charge in [-0.25, -0.2) is 0 Å². The number of nitrogens with one attached hydrogen (secondary N) is 2. The molecule has 0 spiro atoms. The van der Waals surface area contributed by atoms with Crippen LogP contribution in [0, 0.1) is 0 Å². The molecule has 3 nitrogen and oxygen atoms in total. The van der Waals surface area contributed by atoms with Gasteiger partial charge < -0.3 is 5.32 Å². The maximum atomic E-state index is 11.7. The summed E-state index contributed by atoms with van der Waals surface area (Å²) in [5.74, 6) is 0.0509. The number of rotatable bonds is 1. The second-order valence-electron chi connectivity index (χ2n) is 3.67. The van der Waals surface area contributed by atoms with E-state index in [-0.39, 0.29) is 5.91 Å². The molecule has 1 aromatic carbocycles. The Kier molecular flexibility index (Phi) is 2.25. The summed E-state index contributed by atoms with van der Waals surface area (Å²) < 4.78 is 0. The van der Waals surface area contributed by atoms with Crippen LogP contribution in [-0.2, 0) is 10.3 Å². The predicted octanol–water partition coefficient (Wildman–Crippen LogP) is 0.621. The van der Waals surface area contributed by atoms with Gasteiger partial charge in [-0.15, -0.1) is 0 Å². The van der Waals surface area contributed by atoms with Crippen molar-refractivity contribution >= 4 is 5.91 Å². The van der Waals surface area contributed by atoms with Crippen LogP contribution in [0.2, 0.25) is 0 Å². The van der Waals surface area contributed by atoms with E-state index in [0.717, 1.165) is 12.1 Å². The number of carbonyl (C=O) groups is 1. The van der Waals surface area contributed by atoms with Crippen molar-refractivity contribution in [1.29, 1.82) is 0 Å². The van der Waals surface area contributed by atoms with E-state index in [9.17, 15) is 4.79 Å². The fraction of sp³-hybridized carbons (Fsp3) is 0.364. The molecule has 1 aliphatic rings. The van der Waals surface area contributed by atoms with Crippen molar-refractivity contribution in [2.45, 2.75) is 12.5 Å². The Labute approximate surface area is 83.5 Å². The van der Waals surface area contributed by atoms with Crippen molar-refractivity contribution in [2.75, 3.05) is 13.1 Å². The van der Waals surface area contributed by atoms with E-state index in [2.05, 4.69) is 10.6 Å². The summed E-state index contributed by atoms with van der Waals surface area (Å²) in [6.07, 6.45) is 0. The number of carbonyl (C=O) groups excluding carboxylic acids is 1. The third-order valence-electron chi connectivity index (χ3n) is 2.69. The fourth-order valence-corrected chi connectivity index (χ4v) is 1.75. The molecule has 1 heterocycles. The molecule has 1 atom stereocenters. The first-order chi connectivity index (χ1) is 6.73. The van der Waals surface area contributed by atoms with Gasteiger partial charge in [0.2, 0.25) is 5.91 Å². The number of benzene rings is 1. The molecule has 2 N–H and O–H groups in total. The molecule has 1 fully saturated rings. The summed E-state index contributed by atoms with van der Waals surface area (Å²) in [6, 6.07) is 9.79. The zero-order chi connectivity index (χ0) is 10.0. The monoisotopic (exact) mass is 190 g/mol. The minimum atomic E-state index is -0.570. The van der Waals surface area contributed by atoms with E-state index in [0.29, 0.717) is 6.54 Å². The van der Waals surface area contributed by atoms with E-state index in [1.54, 1.807) is 0 Å². The maximum Gasteiger partial charge on any atom is 0.244 e. The van der Waals surface area contributed by atoms with Crippen molar-refractivity contribution in [3.8, 4) is 0 Å². The van der Waals surface area contributed by atoms with Gasteiger partial charge in [-0.3, -0.25) is 10.1 Å². The van der Waals surface area contributed by atoms with Gasteiger partial charge in [-0.05, 0) is 12.5 Å². The van der Waals surface area contributed by atoms with Crippen LogP contribution >= 0.6 is 0 Å². The molecule has 1 amide bonds. The minimum absolute atomic E-state index is 0.0509. The van der Waals surface area contributed by atoms with Gasteiger partial charge >= 0.3 is 0 Å². The van der Waals surface area contributed by atoms with Gasteiger partial charge in [0, 0.05) is 13.1 Å². The molecule has 1 aliphatic heterocycles. The zero-order valence-electron chi connectivity index (χ0n) is 8.21. The van der Waals surface area contributed by atoms with E-state index in [1.165, 1.54) is 0 Å². The van der Waals surface area contributed by atoms with Crippen LogP contribution in [0.1, 0.15) is 12.5 Å². The van der Waals surface area contributed by atoms with Crippen molar-refractivity contribution in [1.82, 2.24) is 10.6 Å². The predicted molar refractivity (Wildman–Crippen MR) is 54.8 cm³/mol. The summed E-state index contributed by atoms with van der Waals surface area (Å²) in [5.41, 5.74) is 0.441. The summed E-state index contributed by atoms with van der Waals surface area (Å²) in [6.45, 7) is 3.44. The average molecular weight is 190 g/mol. The van der Waals surface area contributed by atoms with Gasteiger partial charge in [0.15, 0.2) is 0 Å². The summed E-state index contributed by atoms with van der Waals surface area (Å²) in [4.78, 5) is 11.7. The Balaban J connectivity index is 2.35. The highest BCUT2D eigenvalue weighted by atomic mass is 16.2. The van der Waals surface area contributed by atoms with Crippen LogP contribution in [0.15, 0.2) is 30.3 Å². The van der Waals surface area contributed by atoms with E-state index in [4.69, 9.17) is 0 Å². The van der Waals surface area contributed by atoms with E-state index < -0.39 is 5.54 Å². The Morgan fingerprint density at radius 3 is 2.57 bits per heavy atom. The maximum absolute atomic E-state index is 11.7. The molecule has 2 rings (SSSR count). The first-order valence-electron chi connectivity index (χ1n) is 4.82. The fourth-order valence-electron chi connectivity index (χ4n) is 1.75. The lowest BCUT2D eigenvalue weighted by Crippen LogP contribution is -2.59. The average Bonchev–Trinajstić information content (AvgIpc) is 2.24. The van der Waals surface area contributed by atoms with Crippen LogP contribution in [0.5, 0.6) is 0 Å². The molecule has 3 heteroatoms. The lowest BCUT2D eigenvalue weighted by atomic mass is 9.90. The summed E-state index contributed by atoms with van der Waals surface area (Å²) >= 11 is 0. The van der Waals surface area contributed by atoms with Gasteiger partial charge in [0.05, 0.1) is 0 Å². The first kappa shape index (κ1) is 9.21. The molecule has 14 heavy (non-hydrogen) atoms. The minimum Gasteiger partial charge on any atom is -0.353 e. The second kappa shape index (κ2) is 3.42. The molecule has 0 unspecified atom stereocenters. The van der Waals surface area contributed by atoms with Crippen LogP contribution in [0.4, 0.5) is 0 Å². The van der Waals surface area contributed by atoms with Crippen molar-refractivity contribution in [3.05, 3.63) is 35.9 Å². The number of hydrogen-bond acceptors (Lipinski definition) is 2. The van der Waals surface area contributed by atoms with Gasteiger partial charge in [0.25, 0.3) is 0 Å². The Morgan fingerprint density at radius 2 is 1.93 bits per heavy atom. The second-order valence-corrected chi connectivity index (χ2v) is 3.67. The van der Waals surface area contributed by atoms with Crippen molar-refractivity contribution < 1.29 is 4.79 Å². The molecule has 1 saturated heterocycles. The van der Waals surface area contributed by atoms with Gasteiger partial charge in [0.1, 0.15) is 5.54 Å². The molecule has 0 bridgehead atoms. The Hall–Kier alpha value is -1.35. The van der Waals surface area contributed by atoms with Crippen molar-refractivity contribution in [3.63, 3.8) is 0 Å². The third kappa shape index (κ3) is 1.40. The van der Waals surface area contributed by atoms with E-state index in [1.807, 2.05) is 37.3 Å². The molecule has 74 valence electrons. The van der Waals surface area contributed by atoms with Gasteiger partial charge in [-0.1, -0.05) is 30.3 Å². The molecule has 0 radical (unpaired) electrons. The number of amides is 1. The lowest BCUT2D eigenvalue weighted by molar-refractivity contribution is -0.128. The SMILES string of the molecule is C[C@]1(c2ccccc2)NCCNC1=O. The van der Waals surface area contributed by atoms with Crippen molar-refractivity contribution in [2.24, 2.45) is 0 Å².